The highest BCUT2D eigenvalue weighted by molar-refractivity contribution is 7.98. The van der Waals surface area contributed by atoms with Crippen LogP contribution in [0.1, 0.15) is 6.23 Å². The van der Waals surface area contributed by atoms with Crippen LogP contribution in [0, 0.1) is 0 Å². The number of aromatic nitrogens is 4. The number of nitrogens with zero attached hydrogens (tertiary/aromatic N) is 3. The maximum absolute atomic E-state index is 12.1. The molecule has 0 aromatic carbocycles. The molecule has 1 aliphatic rings. The minimum Gasteiger partial charge on any atom is -0.387 e. The van der Waals surface area contributed by atoms with Crippen LogP contribution in [0.15, 0.2) is 11.1 Å². The summed E-state index contributed by atoms with van der Waals surface area (Å²) in [6.07, 6.45) is -2.38. The Labute approximate surface area is 199 Å². The fourth-order valence-corrected chi connectivity index (χ4v) is 6.33. The summed E-state index contributed by atoms with van der Waals surface area (Å²) in [5, 5.41) is 10.7. The zero-order chi connectivity index (χ0) is 26.2. The zero-order valence-electron chi connectivity index (χ0n) is 17.4. The van der Waals surface area contributed by atoms with Gasteiger partial charge in [0, 0.05) is 0 Å². The van der Waals surface area contributed by atoms with Gasteiger partial charge in [-0.05, 0) is 6.26 Å². The van der Waals surface area contributed by atoms with E-state index in [1.807, 2.05) is 0 Å². The summed E-state index contributed by atoms with van der Waals surface area (Å²) in [4.78, 5) is 58.3. The number of nitrogen functional groups attached to an aromatic ring is 1. The Hall–Kier alpha value is -1.21. The first-order chi connectivity index (χ1) is 16.1. The van der Waals surface area contributed by atoms with E-state index >= 15 is 0 Å². The molecule has 0 saturated carbocycles. The largest absolute Gasteiger partial charge is 0.490 e. The zero-order valence-corrected chi connectivity index (χ0v) is 20.9. The van der Waals surface area contributed by atoms with E-state index in [1.165, 1.54) is 22.7 Å². The molecule has 198 valence electrons. The molecule has 0 aliphatic carbocycles. The third-order valence-electron chi connectivity index (χ3n) is 4.23. The summed E-state index contributed by atoms with van der Waals surface area (Å²) in [7, 11) is -16.8. The minimum absolute atomic E-state index is 0.0188. The molecule has 19 nitrogen and oxygen atoms in total. The quantitative estimate of drug-likeness (QED) is 0.123. The van der Waals surface area contributed by atoms with Gasteiger partial charge in [-0.2, -0.15) is 13.6 Å². The molecule has 1 fully saturated rings. The van der Waals surface area contributed by atoms with Crippen molar-refractivity contribution in [2.45, 2.75) is 24.5 Å². The molecule has 8 N–H and O–H groups in total. The normalized spacial score (nSPS) is 26.6. The molecule has 3 rings (SSSR count). The number of aromatic amines is 1. The van der Waals surface area contributed by atoms with E-state index in [0.29, 0.717) is 0 Å². The second-order valence-corrected chi connectivity index (χ2v) is 12.0. The number of aliphatic hydroxyl groups excluding tert-OH is 1. The van der Waals surface area contributed by atoms with Gasteiger partial charge in [0.1, 0.15) is 18.3 Å². The fourth-order valence-electron chi connectivity index (χ4n) is 3.01. The van der Waals surface area contributed by atoms with Gasteiger partial charge in [-0.1, -0.05) is 0 Å². The predicted molar refractivity (Wildman–Crippen MR) is 116 cm³/mol. The Morgan fingerprint density at radius 1 is 1.23 bits per heavy atom. The van der Waals surface area contributed by atoms with Gasteiger partial charge in [0.15, 0.2) is 17.4 Å². The summed E-state index contributed by atoms with van der Waals surface area (Å²) < 4.78 is 58.5. The van der Waals surface area contributed by atoms with Crippen molar-refractivity contribution in [2.75, 3.05) is 24.5 Å². The number of nitrogens with two attached hydrogens (primary N) is 1. The first kappa shape index (κ1) is 28.4. The summed E-state index contributed by atoms with van der Waals surface area (Å²) in [6, 6.07) is 0. The average molecular weight is 583 g/mol. The molecule has 1 saturated heterocycles. The average Bonchev–Trinajstić information content (AvgIpc) is 3.23. The Bertz CT molecular complexity index is 1270. The van der Waals surface area contributed by atoms with Gasteiger partial charge in [0.05, 0.1) is 18.9 Å². The minimum atomic E-state index is -5.72. The van der Waals surface area contributed by atoms with E-state index in [9.17, 15) is 33.4 Å². The molecule has 1 aliphatic heterocycles. The van der Waals surface area contributed by atoms with Crippen LogP contribution in [0.2, 0.25) is 0 Å². The van der Waals surface area contributed by atoms with Crippen molar-refractivity contribution in [1.29, 1.82) is 0 Å². The second-order valence-electron chi connectivity index (χ2n) is 6.76. The highest BCUT2D eigenvalue weighted by atomic mass is 32.2. The monoisotopic (exact) mass is 583 g/mol. The van der Waals surface area contributed by atoms with Crippen LogP contribution >= 0.6 is 35.2 Å². The van der Waals surface area contributed by atoms with Crippen LogP contribution in [0.4, 0.5) is 5.95 Å². The first-order valence-corrected chi connectivity index (χ1v) is 15.0. The van der Waals surface area contributed by atoms with E-state index < -0.39 is 60.2 Å². The lowest BCUT2D eigenvalue weighted by Crippen LogP contribution is -2.35. The number of thioether (sulfide) groups is 1. The predicted octanol–water partition coefficient (Wildman–Crippen LogP) is -0.991. The molecule has 0 bridgehead atoms. The van der Waals surface area contributed by atoms with Crippen molar-refractivity contribution in [3.05, 3.63) is 16.7 Å². The van der Waals surface area contributed by atoms with Crippen LogP contribution < -0.4 is 11.3 Å². The van der Waals surface area contributed by atoms with Gasteiger partial charge < -0.3 is 39.9 Å². The van der Waals surface area contributed by atoms with E-state index in [2.05, 4.69) is 28.1 Å². The Morgan fingerprint density at radius 2 is 1.91 bits per heavy atom. The van der Waals surface area contributed by atoms with E-state index in [4.69, 9.17) is 25.0 Å². The van der Waals surface area contributed by atoms with E-state index in [1.54, 1.807) is 6.26 Å². The smallest absolute Gasteiger partial charge is 0.387 e. The molecule has 23 heteroatoms. The lowest BCUT2D eigenvalue weighted by atomic mass is 10.1. The topological polar surface area (TPSA) is 288 Å². The Balaban J connectivity index is 1.80. The number of ether oxygens (including phenoxy) is 2. The molecule has 6 atom stereocenters. The highest BCUT2D eigenvalue weighted by Crippen LogP contribution is 2.66. The third-order valence-corrected chi connectivity index (χ3v) is 8.41. The van der Waals surface area contributed by atoms with Crippen LogP contribution in [0.25, 0.3) is 11.2 Å². The van der Waals surface area contributed by atoms with Gasteiger partial charge in [0.25, 0.3) is 5.56 Å². The number of phosphoric acid groups is 3. The number of aliphatic hydroxyl groups is 1. The van der Waals surface area contributed by atoms with E-state index in [0.717, 1.165) is 0 Å². The summed E-state index contributed by atoms with van der Waals surface area (Å²) in [5.41, 5.74) is 4.82. The van der Waals surface area contributed by atoms with Gasteiger partial charge in [-0.15, -0.1) is 11.8 Å². The van der Waals surface area contributed by atoms with Crippen molar-refractivity contribution in [2.24, 2.45) is 0 Å². The fraction of sp³-hybridized carbons (Fsp3) is 0.583. The molecule has 3 heterocycles. The number of hydrogen-bond acceptors (Lipinski definition) is 14. The third kappa shape index (κ3) is 7.18. The number of nitrogens with one attached hydrogen (secondary N) is 1. The van der Waals surface area contributed by atoms with Gasteiger partial charge in [-0.3, -0.25) is 18.9 Å². The molecule has 35 heavy (non-hydrogen) atoms. The summed E-state index contributed by atoms with van der Waals surface area (Å²) in [6.45, 7) is -0.927. The lowest BCUT2D eigenvalue weighted by Gasteiger charge is -2.21. The SMILES string of the molecule is CSCO[C@@H]1[C@H](O)[C@@H](COP(=O)(O)OP(=O)(O)OP(=O)(O)O)O[C@H]1n1cnc2c(=O)[nH]c(N)nc21. The molecule has 2 unspecified atom stereocenters. The number of fused-ring (bicyclic) bond motifs is 1. The molecular formula is C12H20N5O14P3S. The van der Waals surface area contributed by atoms with Crippen molar-refractivity contribution >= 4 is 52.3 Å². The van der Waals surface area contributed by atoms with Crippen molar-refractivity contribution in [3.8, 4) is 0 Å². The highest BCUT2D eigenvalue weighted by Gasteiger charge is 2.48. The van der Waals surface area contributed by atoms with Gasteiger partial charge in [0.2, 0.25) is 5.95 Å². The molecule has 0 amide bonds. The number of phosphoric ester groups is 1. The summed E-state index contributed by atoms with van der Waals surface area (Å²) >= 11 is 1.25. The number of rotatable bonds is 11. The maximum atomic E-state index is 12.1. The Morgan fingerprint density at radius 3 is 2.54 bits per heavy atom. The number of H-pyrrole nitrogens is 1. The number of hydrogen-bond donors (Lipinski definition) is 7. The number of imidazole rings is 1. The summed E-state index contributed by atoms with van der Waals surface area (Å²) in [5.74, 6) is -0.152. The van der Waals surface area contributed by atoms with E-state index in [-0.39, 0.29) is 23.1 Å². The van der Waals surface area contributed by atoms with Crippen LogP contribution in [0.3, 0.4) is 0 Å². The Kier molecular flexibility index (Phi) is 8.63. The van der Waals surface area contributed by atoms with Gasteiger partial charge >= 0.3 is 23.5 Å². The molecular weight excluding hydrogens is 563 g/mol. The van der Waals surface area contributed by atoms with Gasteiger partial charge in [-0.25, -0.2) is 18.7 Å². The first-order valence-electron chi connectivity index (χ1n) is 9.07. The maximum Gasteiger partial charge on any atom is 0.490 e. The second kappa shape index (κ2) is 10.6. The molecule has 0 radical (unpaired) electrons. The van der Waals surface area contributed by atoms with Crippen LogP contribution in [-0.4, -0.2) is 81.3 Å². The molecule has 2 aromatic heterocycles. The van der Waals surface area contributed by atoms with Crippen molar-refractivity contribution in [3.63, 3.8) is 0 Å². The van der Waals surface area contributed by atoms with Crippen LogP contribution in [-0.2, 0) is 36.3 Å². The molecule has 2 aromatic rings. The standard InChI is InChI=1S/C12H20N5O14P3S/c1-35-4-27-8-7(18)5(2-28-33(23,24)31-34(25,26)30-32(20,21)22)29-11(8)17-3-14-6-9(17)15-12(13)16-10(6)19/h3,5,7-8,11,18H,2,4H2,1H3,(H,23,24)(H,25,26)(H2,20,21,22)(H3,13,15,16,19)/t5-,7-,8-,11-/m1/s1. The number of anilines is 1. The molecule has 0 spiro atoms. The van der Waals surface area contributed by atoms with Crippen LogP contribution in [0.5, 0.6) is 0 Å². The van der Waals surface area contributed by atoms with Crippen molar-refractivity contribution in [1.82, 2.24) is 19.5 Å². The van der Waals surface area contributed by atoms with Crippen molar-refractivity contribution < 1.29 is 61.0 Å². The lowest BCUT2D eigenvalue weighted by molar-refractivity contribution is -0.0602.